The van der Waals surface area contributed by atoms with Crippen molar-refractivity contribution in [3.05, 3.63) is 28.8 Å². The van der Waals surface area contributed by atoms with E-state index in [0.717, 1.165) is 19.3 Å². The average molecular weight is 473 g/mol. The van der Waals surface area contributed by atoms with Crippen molar-refractivity contribution in [2.45, 2.75) is 44.0 Å². The van der Waals surface area contributed by atoms with Crippen molar-refractivity contribution in [3.8, 4) is 0 Å². The van der Waals surface area contributed by atoms with Gasteiger partial charge in [-0.05, 0) is 36.5 Å². The van der Waals surface area contributed by atoms with E-state index in [1.54, 1.807) is 0 Å². The summed E-state index contributed by atoms with van der Waals surface area (Å²) in [5.41, 5.74) is 0.0173. The van der Waals surface area contributed by atoms with E-state index >= 15 is 0 Å². The van der Waals surface area contributed by atoms with E-state index in [2.05, 4.69) is 19.2 Å². The maximum absolute atomic E-state index is 12.9. The van der Waals surface area contributed by atoms with Crippen LogP contribution in [0.15, 0.2) is 23.1 Å². The summed E-state index contributed by atoms with van der Waals surface area (Å²) in [5, 5.41) is 2.96. The Morgan fingerprint density at radius 1 is 1.23 bits per heavy atom. The fourth-order valence-corrected chi connectivity index (χ4v) is 5.91. The zero-order chi connectivity index (χ0) is 22.6. The number of rotatable bonds is 6. The van der Waals surface area contributed by atoms with Crippen LogP contribution in [-0.2, 0) is 24.3 Å². The fourth-order valence-electron chi connectivity index (χ4n) is 4.00. The molecule has 1 saturated heterocycles. The first-order chi connectivity index (χ1) is 14.7. The Hall–Kier alpha value is -1.68. The van der Waals surface area contributed by atoms with Crippen LogP contribution in [0.4, 0.5) is 0 Å². The Morgan fingerprint density at radius 2 is 1.94 bits per heavy atom. The second kappa shape index (κ2) is 10.3. The molecule has 0 unspecified atom stereocenters. The molecular weight excluding hydrogens is 444 g/mol. The Balaban J connectivity index is 1.63. The predicted octanol–water partition coefficient (Wildman–Crippen LogP) is 2.46. The molecule has 0 radical (unpaired) electrons. The molecule has 1 aromatic carbocycles. The summed E-state index contributed by atoms with van der Waals surface area (Å²) in [5.74, 6) is -0.259. The molecule has 1 saturated carbocycles. The standard InChI is InChI=1S/C21H29ClN2O6S/c1-14-4-3-5-18(15(14)2)23-20(25)13-30-21(26)16-6-7-17(22)19(12-16)31(27,28)24-8-10-29-11-9-24/h6-7,12,14-15,18H,3-5,8-11,13H2,1-2H3,(H,23,25)/t14-,15-,18+/m1/s1. The largest absolute Gasteiger partial charge is 0.452 e. The van der Waals surface area contributed by atoms with Gasteiger partial charge in [0.05, 0.1) is 23.8 Å². The number of nitrogens with one attached hydrogen (secondary N) is 1. The van der Waals surface area contributed by atoms with E-state index in [1.807, 2.05) is 0 Å². The molecule has 0 spiro atoms. The zero-order valence-electron chi connectivity index (χ0n) is 17.8. The number of esters is 1. The highest BCUT2D eigenvalue weighted by atomic mass is 35.5. The van der Waals surface area contributed by atoms with Crippen LogP contribution in [0.1, 0.15) is 43.5 Å². The molecule has 2 fully saturated rings. The van der Waals surface area contributed by atoms with Crippen LogP contribution in [0.5, 0.6) is 0 Å². The highest BCUT2D eigenvalue weighted by Gasteiger charge is 2.30. The lowest BCUT2D eigenvalue weighted by Crippen LogP contribution is -2.45. The van der Waals surface area contributed by atoms with Crippen LogP contribution in [-0.4, -0.2) is 63.6 Å². The minimum absolute atomic E-state index is 0.0150. The topological polar surface area (TPSA) is 102 Å². The van der Waals surface area contributed by atoms with Crippen molar-refractivity contribution in [2.24, 2.45) is 11.8 Å². The molecule has 1 heterocycles. The summed E-state index contributed by atoms with van der Waals surface area (Å²) in [4.78, 5) is 24.5. The molecule has 0 bridgehead atoms. The van der Waals surface area contributed by atoms with E-state index in [1.165, 1.54) is 22.5 Å². The Bertz CT molecular complexity index is 916. The predicted molar refractivity (Wildman–Crippen MR) is 115 cm³/mol. The maximum atomic E-state index is 12.9. The van der Waals surface area contributed by atoms with E-state index in [-0.39, 0.29) is 40.5 Å². The molecule has 31 heavy (non-hydrogen) atoms. The molecule has 1 aromatic rings. The highest BCUT2D eigenvalue weighted by Crippen LogP contribution is 2.29. The monoisotopic (exact) mass is 472 g/mol. The third-order valence-electron chi connectivity index (χ3n) is 6.14. The molecule has 10 heteroatoms. The van der Waals surface area contributed by atoms with E-state index in [4.69, 9.17) is 21.1 Å². The van der Waals surface area contributed by atoms with Gasteiger partial charge in [-0.2, -0.15) is 4.31 Å². The van der Waals surface area contributed by atoms with E-state index in [9.17, 15) is 18.0 Å². The van der Waals surface area contributed by atoms with Gasteiger partial charge in [0.2, 0.25) is 10.0 Å². The molecule has 8 nitrogen and oxygen atoms in total. The van der Waals surface area contributed by atoms with Crippen LogP contribution in [0.3, 0.4) is 0 Å². The first kappa shape index (κ1) is 24.0. The van der Waals surface area contributed by atoms with E-state index in [0.29, 0.717) is 25.0 Å². The zero-order valence-corrected chi connectivity index (χ0v) is 19.4. The number of morpholine rings is 1. The van der Waals surface area contributed by atoms with Gasteiger partial charge in [0, 0.05) is 19.1 Å². The molecule has 3 atom stereocenters. The number of halogens is 1. The number of ether oxygens (including phenoxy) is 2. The van der Waals surface area contributed by atoms with Gasteiger partial charge in [0.25, 0.3) is 5.91 Å². The van der Waals surface area contributed by atoms with Crippen molar-refractivity contribution in [1.82, 2.24) is 9.62 Å². The van der Waals surface area contributed by atoms with Gasteiger partial charge in [-0.15, -0.1) is 0 Å². The fraction of sp³-hybridized carbons (Fsp3) is 0.619. The van der Waals surface area contributed by atoms with Crippen molar-refractivity contribution in [1.29, 1.82) is 0 Å². The lowest BCUT2D eigenvalue weighted by Gasteiger charge is -2.34. The second-order valence-corrected chi connectivity index (χ2v) is 10.5. The van der Waals surface area contributed by atoms with Crippen LogP contribution in [0.25, 0.3) is 0 Å². The summed E-state index contributed by atoms with van der Waals surface area (Å²) < 4.78 is 37.4. The lowest BCUT2D eigenvalue weighted by molar-refractivity contribution is -0.125. The number of benzene rings is 1. The molecule has 172 valence electrons. The smallest absolute Gasteiger partial charge is 0.338 e. The number of carbonyl (C=O) groups is 2. The normalized spacial score (nSPS) is 25.1. The molecule has 3 rings (SSSR count). The molecule has 2 aliphatic rings. The molecule has 1 aliphatic heterocycles. The van der Waals surface area contributed by atoms with Gasteiger partial charge in [0.15, 0.2) is 6.61 Å². The van der Waals surface area contributed by atoms with Gasteiger partial charge >= 0.3 is 5.97 Å². The molecule has 0 aromatic heterocycles. The van der Waals surface area contributed by atoms with Gasteiger partial charge in [-0.25, -0.2) is 13.2 Å². The first-order valence-electron chi connectivity index (χ1n) is 10.5. The number of carbonyl (C=O) groups excluding carboxylic acids is 2. The van der Waals surface area contributed by atoms with Gasteiger partial charge in [-0.3, -0.25) is 4.79 Å². The van der Waals surface area contributed by atoms with Crippen molar-refractivity contribution < 1.29 is 27.5 Å². The number of amides is 1. The summed E-state index contributed by atoms with van der Waals surface area (Å²) in [6, 6.07) is 3.98. The van der Waals surface area contributed by atoms with Gasteiger partial charge in [-0.1, -0.05) is 38.3 Å². The Kier molecular flexibility index (Phi) is 7.96. The third kappa shape index (κ3) is 5.77. The number of hydrogen-bond acceptors (Lipinski definition) is 6. The minimum atomic E-state index is -3.88. The molecular formula is C21H29ClN2O6S. The van der Waals surface area contributed by atoms with Crippen LogP contribution in [0.2, 0.25) is 5.02 Å². The lowest BCUT2D eigenvalue weighted by atomic mass is 9.78. The number of hydrogen-bond donors (Lipinski definition) is 1. The Morgan fingerprint density at radius 3 is 2.65 bits per heavy atom. The summed E-state index contributed by atoms with van der Waals surface area (Å²) in [6.45, 7) is 4.89. The molecule has 1 N–H and O–H groups in total. The number of nitrogens with zero attached hydrogens (tertiary/aromatic N) is 1. The van der Waals surface area contributed by atoms with Crippen molar-refractivity contribution in [2.75, 3.05) is 32.9 Å². The third-order valence-corrected chi connectivity index (χ3v) is 8.52. The molecule has 1 amide bonds. The summed E-state index contributed by atoms with van der Waals surface area (Å²) in [6.07, 6.45) is 3.11. The van der Waals surface area contributed by atoms with Gasteiger partial charge < -0.3 is 14.8 Å². The second-order valence-electron chi connectivity index (χ2n) is 8.18. The van der Waals surface area contributed by atoms with Crippen LogP contribution >= 0.6 is 11.6 Å². The van der Waals surface area contributed by atoms with Crippen LogP contribution in [0, 0.1) is 11.8 Å². The van der Waals surface area contributed by atoms with Crippen LogP contribution < -0.4 is 5.32 Å². The summed E-state index contributed by atoms with van der Waals surface area (Å²) >= 11 is 6.11. The Labute approximate surface area is 188 Å². The SMILES string of the molecule is C[C@@H]1[C@H](C)CCC[C@@H]1NC(=O)COC(=O)c1ccc(Cl)c(S(=O)(=O)N2CCOCC2)c1. The maximum Gasteiger partial charge on any atom is 0.338 e. The summed E-state index contributed by atoms with van der Waals surface area (Å²) in [7, 11) is -3.88. The van der Waals surface area contributed by atoms with Gasteiger partial charge in [0.1, 0.15) is 4.90 Å². The highest BCUT2D eigenvalue weighted by molar-refractivity contribution is 7.89. The van der Waals surface area contributed by atoms with E-state index < -0.39 is 22.6 Å². The average Bonchev–Trinajstić information content (AvgIpc) is 2.76. The van der Waals surface area contributed by atoms with Crippen molar-refractivity contribution in [3.63, 3.8) is 0 Å². The minimum Gasteiger partial charge on any atom is -0.452 e. The number of sulfonamides is 1. The van der Waals surface area contributed by atoms with Crippen molar-refractivity contribution >= 4 is 33.5 Å². The first-order valence-corrected chi connectivity index (χ1v) is 12.4. The molecule has 1 aliphatic carbocycles. The quantitative estimate of drug-likeness (QED) is 0.638.